The Kier molecular flexibility index (Phi) is 2.96. The van der Waals surface area contributed by atoms with E-state index in [1.54, 1.807) is 0 Å². The summed E-state index contributed by atoms with van der Waals surface area (Å²) in [6.07, 6.45) is 0. The van der Waals surface area contributed by atoms with Crippen molar-refractivity contribution in [3.05, 3.63) is 48.6 Å². The Balaban J connectivity index is 3.27. The highest BCUT2D eigenvalue weighted by molar-refractivity contribution is 6.51. The molecule has 0 fully saturated rings. The summed E-state index contributed by atoms with van der Waals surface area (Å²) in [7, 11) is 0. The summed E-state index contributed by atoms with van der Waals surface area (Å²) in [5, 5.41) is 0.958. The van der Waals surface area contributed by atoms with E-state index in [1.807, 2.05) is 24.3 Å². The normalized spacial score (nSPS) is 9.50. The molecule has 1 rings (SSSR count). The van der Waals surface area contributed by atoms with Crippen LogP contribution < -0.4 is 0 Å². The van der Waals surface area contributed by atoms with E-state index in [-0.39, 0.29) is 0 Å². The minimum Gasteiger partial charge on any atom is -0.0843 e. The fourth-order valence-corrected chi connectivity index (χ4v) is 1.29. The van der Waals surface area contributed by atoms with Gasteiger partial charge in [-0.1, -0.05) is 60.6 Å². The van der Waals surface area contributed by atoms with E-state index in [1.165, 1.54) is 0 Å². The van der Waals surface area contributed by atoms with Crippen LogP contribution in [0.15, 0.2) is 37.4 Å². The molecular formula is C10H8Cl2. The van der Waals surface area contributed by atoms with Crippen LogP contribution in [-0.2, 0) is 0 Å². The Morgan fingerprint density at radius 2 is 1.25 bits per heavy atom. The molecule has 2 heteroatoms. The van der Waals surface area contributed by atoms with E-state index >= 15 is 0 Å². The first-order valence-electron chi connectivity index (χ1n) is 3.41. The molecule has 0 spiro atoms. The molecule has 0 bridgehead atoms. The summed E-state index contributed by atoms with van der Waals surface area (Å²) >= 11 is 11.5. The average Bonchev–Trinajstić information content (AvgIpc) is 2.04. The molecular weight excluding hydrogens is 191 g/mol. The van der Waals surface area contributed by atoms with Crippen molar-refractivity contribution in [3.63, 3.8) is 0 Å². The maximum absolute atomic E-state index is 5.76. The van der Waals surface area contributed by atoms with Crippen molar-refractivity contribution in [1.29, 1.82) is 0 Å². The van der Waals surface area contributed by atoms with Crippen LogP contribution in [0.2, 0.25) is 0 Å². The van der Waals surface area contributed by atoms with Crippen LogP contribution in [0.5, 0.6) is 0 Å². The lowest BCUT2D eigenvalue weighted by atomic mass is 10.1. The second-order valence-electron chi connectivity index (χ2n) is 2.36. The zero-order valence-electron chi connectivity index (χ0n) is 6.48. The van der Waals surface area contributed by atoms with E-state index in [4.69, 9.17) is 23.2 Å². The Morgan fingerprint density at radius 1 is 0.917 bits per heavy atom. The Hall–Kier alpha value is -0.720. The standard InChI is InChI=1S/C10H8Cl2/c1-7(11)9-5-3-4-6-10(9)8(2)12/h3-6H,1-2H2. The molecule has 0 amide bonds. The van der Waals surface area contributed by atoms with Crippen molar-refractivity contribution in [3.8, 4) is 0 Å². The zero-order chi connectivity index (χ0) is 9.14. The largest absolute Gasteiger partial charge is 0.0843 e. The van der Waals surface area contributed by atoms with Gasteiger partial charge in [-0.25, -0.2) is 0 Å². The lowest BCUT2D eigenvalue weighted by Crippen LogP contribution is -1.83. The van der Waals surface area contributed by atoms with Crippen molar-refractivity contribution in [2.24, 2.45) is 0 Å². The molecule has 0 aliphatic heterocycles. The molecule has 1 aromatic carbocycles. The first kappa shape index (κ1) is 9.37. The predicted octanol–water partition coefficient (Wildman–Crippen LogP) is 4.11. The second-order valence-corrected chi connectivity index (χ2v) is 3.27. The van der Waals surface area contributed by atoms with Gasteiger partial charge in [-0.15, -0.1) is 0 Å². The van der Waals surface area contributed by atoms with Crippen LogP contribution in [0.3, 0.4) is 0 Å². The first-order valence-corrected chi connectivity index (χ1v) is 4.17. The average molecular weight is 199 g/mol. The lowest BCUT2D eigenvalue weighted by Gasteiger charge is -2.04. The molecule has 0 radical (unpaired) electrons. The predicted molar refractivity (Wildman–Crippen MR) is 56.2 cm³/mol. The van der Waals surface area contributed by atoms with Crippen LogP contribution in [0.25, 0.3) is 10.1 Å². The summed E-state index contributed by atoms with van der Waals surface area (Å²) in [6, 6.07) is 7.48. The quantitative estimate of drug-likeness (QED) is 0.672. The number of hydrogen-bond acceptors (Lipinski definition) is 0. The third-order valence-corrected chi connectivity index (χ3v) is 1.92. The van der Waals surface area contributed by atoms with Gasteiger partial charge in [-0.3, -0.25) is 0 Å². The highest BCUT2D eigenvalue weighted by atomic mass is 35.5. The van der Waals surface area contributed by atoms with Crippen molar-refractivity contribution >= 4 is 33.3 Å². The lowest BCUT2D eigenvalue weighted by molar-refractivity contribution is 1.60. The highest BCUT2D eigenvalue weighted by Crippen LogP contribution is 2.27. The smallest absolute Gasteiger partial charge is 0.0413 e. The van der Waals surface area contributed by atoms with Crippen molar-refractivity contribution < 1.29 is 0 Å². The van der Waals surface area contributed by atoms with Gasteiger partial charge in [0.1, 0.15) is 0 Å². The van der Waals surface area contributed by atoms with Gasteiger partial charge in [0.2, 0.25) is 0 Å². The van der Waals surface area contributed by atoms with Gasteiger partial charge in [-0.05, 0) is 0 Å². The van der Waals surface area contributed by atoms with Crippen molar-refractivity contribution in [2.45, 2.75) is 0 Å². The molecule has 0 aliphatic rings. The summed E-state index contributed by atoms with van der Waals surface area (Å²) in [6.45, 7) is 7.27. The summed E-state index contributed by atoms with van der Waals surface area (Å²) in [5.74, 6) is 0. The third-order valence-electron chi connectivity index (χ3n) is 1.51. The molecule has 0 unspecified atom stereocenters. The monoisotopic (exact) mass is 198 g/mol. The molecule has 62 valence electrons. The third kappa shape index (κ3) is 1.90. The number of halogens is 2. The van der Waals surface area contributed by atoms with Crippen LogP contribution in [0, 0.1) is 0 Å². The minimum absolute atomic E-state index is 0.479. The molecule has 0 N–H and O–H groups in total. The SMILES string of the molecule is C=C(Cl)c1ccccc1C(=C)Cl. The van der Waals surface area contributed by atoms with Gasteiger partial charge in [0.25, 0.3) is 0 Å². The molecule has 0 atom stereocenters. The summed E-state index contributed by atoms with van der Waals surface area (Å²) < 4.78 is 0. The van der Waals surface area contributed by atoms with E-state index in [9.17, 15) is 0 Å². The Morgan fingerprint density at radius 3 is 1.50 bits per heavy atom. The minimum atomic E-state index is 0.479. The molecule has 0 saturated carbocycles. The molecule has 1 aromatic rings. The molecule has 0 aromatic heterocycles. The van der Waals surface area contributed by atoms with E-state index < -0.39 is 0 Å². The van der Waals surface area contributed by atoms with Crippen molar-refractivity contribution in [2.75, 3.05) is 0 Å². The molecule has 12 heavy (non-hydrogen) atoms. The van der Waals surface area contributed by atoms with Gasteiger partial charge >= 0.3 is 0 Å². The van der Waals surface area contributed by atoms with Crippen LogP contribution in [0.1, 0.15) is 11.1 Å². The van der Waals surface area contributed by atoms with E-state index in [2.05, 4.69) is 13.2 Å². The Bertz CT molecular complexity index is 293. The fraction of sp³-hybridized carbons (Fsp3) is 0. The number of rotatable bonds is 2. The fourth-order valence-electron chi connectivity index (χ4n) is 0.956. The maximum atomic E-state index is 5.76. The summed E-state index contributed by atoms with van der Waals surface area (Å²) in [4.78, 5) is 0. The van der Waals surface area contributed by atoms with Crippen molar-refractivity contribution in [1.82, 2.24) is 0 Å². The van der Waals surface area contributed by atoms with Gasteiger partial charge in [0.05, 0.1) is 0 Å². The van der Waals surface area contributed by atoms with E-state index in [0.29, 0.717) is 10.1 Å². The Labute approximate surface area is 82.1 Å². The molecule has 0 nitrogen and oxygen atoms in total. The van der Waals surface area contributed by atoms with Crippen LogP contribution in [0.4, 0.5) is 0 Å². The second kappa shape index (κ2) is 3.79. The van der Waals surface area contributed by atoms with E-state index in [0.717, 1.165) is 11.1 Å². The first-order chi connectivity index (χ1) is 5.63. The van der Waals surface area contributed by atoms with Gasteiger partial charge < -0.3 is 0 Å². The molecule has 0 aliphatic carbocycles. The highest BCUT2D eigenvalue weighted by Gasteiger charge is 2.04. The summed E-state index contributed by atoms with van der Waals surface area (Å²) in [5.41, 5.74) is 1.67. The van der Waals surface area contributed by atoms with Gasteiger partial charge in [0.15, 0.2) is 0 Å². The van der Waals surface area contributed by atoms with Crippen LogP contribution in [-0.4, -0.2) is 0 Å². The van der Waals surface area contributed by atoms with Gasteiger partial charge in [-0.2, -0.15) is 0 Å². The zero-order valence-corrected chi connectivity index (χ0v) is 7.99. The molecule has 0 heterocycles. The van der Waals surface area contributed by atoms with Gasteiger partial charge in [0, 0.05) is 21.2 Å². The molecule has 0 saturated heterocycles. The topological polar surface area (TPSA) is 0 Å². The van der Waals surface area contributed by atoms with Crippen LogP contribution >= 0.6 is 23.2 Å². The number of benzene rings is 1. The maximum Gasteiger partial charge on any atom is 0.0413 e. The number of hydrogen-bond donors (Lipinski definition) is 0.